The van der Waals surface area contributed by atoms with Crippen LogP contribution in [-0.4, -0.2) is 35.0 Å². The Labute approximate surface area is 156 Å². The van der Waals surface area contributed by atoms with Crippen molar-refractivity contribution in [3.63, 3.8) is 0 Å². The Balaban J connectivity index is 1.68. The fourth-order valence-electron chi connectivity index (χ4n) is 3.54. The van der Waals surface area contributed by atoms with Gasteiger partial charge in [-0.25, -0.2) is 4.98 Å². The predicted molar refractivity (Wildman–Crippen MR) is 104 cm³/mol. The molecule has 0 unspecified atom stereocenters. The van der Waals surface area contributed by atoms with Crippen LogP contribution in [0, 0.1) is 6.92 Å². The highest BCUT2D eigenvalue weighted by Gasteiger charge is 2.33. The molecule has 1 aromatic heterocycles. The summed E-state index contributed by atoms with van der Waals surface area (Å²) in [5.74, 6) is 0.665. The highest BCUT2D eigenvalue weighted by atomic mass is 16.5. The number of pyridine rings is 1. The number of carbonyl (C=O) groups is 1. The van der Waals surface area contributed by atoms with Crippen LogP contribution in [0.15, 0.2) is 42.6 Å². The Morgan fingerprint density at radius 2 is 1.85 bits per heavy atom. The van der Waals surface area contributed by atoms with Crippen molar-refractivity contribution in [2.24, 2.45) is 0 Å². The van der Waals surface area contributed by atoms with Crippen LogP contribution in [0.25, 0.3) is 0 Å². The first-order chi connectivity index (χ1) is 12.4. The Hall–Kier alpha value is -2.36. The lowest BCUT2D eigenvalue weighted by atomic mass is 9.74. The Morgan fingerprint density at radius 3 is 2.42 bits per heavy atom. The fraction of sp³-hybridized carbons (Fsp3) is 0.455. The fourth-order valence-corrected chi connectivity index (χ4v) is 3.54. The van der Waals surface area contributed by atoms with Gasteiger partial charge in [0.15, 0.2) is 0 Å². The summed E-state index contributed by atoms with van der Waals surface area (Å²) in [4.78, 5) is 19.2. The van der Waals surface area contributed by atoms with E-state index in [0.717, 1.165) is 31.5 Å². The SMILES string of the molecule is Cc1cc(C(=O)N2CCC(C)(c3ccccc3)CC2)cnc1OC(C)C. The lowest BCUT2D eigenvalue weighted by Crippen LogP contribution is -2.44. The maximum Gasteiger partial charge on any atom is 0.255 e. The number of likely N-dealkylation sites (tertiary alicyclic amines) is 1. The quantitative estimate of drug-likeness (QED) is 0.820. The number of carbonyl (C=O) groups excluding carboxylic acids is 1. The molecule has 1 amide bonds. The van der Waals surface area contributed by atoms with Crippen LogP contribution in [0.3, 0.4) is 0 Å². The van der Waals surface area contributed by atoms with E-state index in [9.17, 15) is 4.79 Å². The molecule has 4 heteroatoms. The molecule has 1 aliphatic rings. The lowest BCUT2D eigenvalue weighted by molar-refractivity contribution is 0.0675. The van der Waals surface area contributed by atoms with E-state index in [4.69, 9.17) is 4.74 Å². The molecule has 0 radical (unpaired) electrons. The number of rotatable bonds is 4. The van der Waals surface area contributed by atoms with Gasteiger partial charge in [0.2, 0.25) is 5.88 Å². The van der Waals surface area contributed by atoms with Crippen molar-refractivity contribution in [1.82, 2.24) is 9.88 Å². The van der Waals surface area contributed by atoms with Crippen LogP contribution in [0.5, 0.6) is 5.88 Å². The van der Waals surface area contributed by atoms with E-state index in [2.05, 4.69) is 36.2 Å². The lowest BCUT2D eigenvalue weighted by Gasteiger charge is -2.40. The zero-order valence-corrected chi connectivity index (χ0v) is 16.2. The third kappa shape index (κ3) is 3.90. The van der Waals surface area contributed by atoms with E-state index in [-0.39, 0.29) is 17.4 Å². The summed E-state index contributed by atoms with van der Waals surface area (Å²) in [6.07, 6.45) is 3.66. The van der Waals surface area contributed by atoms with E-state index < -0.39 is 0 Å². The van der Waals surface area contributed by atoms with Crippen molar-refractivity contribution in [3.05, 3.63) is 59.3 Å². The van der Waals surface area contributed by atoms with Gasteiger partial charge in [0.1, 0.15) is 0 Å². The number of hydrogen-bond donors (Lipinski definition) is 0. The minimum atomic E-state index is 0.0619. The summed E-state index contributed by atoms with van der Waals surface area (Å²) in [5.41, 5.74) is 3.04. The monoisotopic (exact) mass is 352 g/mol. The summed E-state index contributed by atoms with van der Waals surface area (Å²) in [5, 5.41) is 0. The summed E-state index contributed by atoms with van der Waals surface area (Å²) in [7, 11) is 0. The minimum Gasteiger partial charge on any atom is -0.475 e. The first-order valence-corrected chi connectivity index (χ1v) is 9.37. The molecule has 0 saturated carbocycles. The maximum atomic E-state index is 12.9. The summed E-state index contributed by atoms with van der Waals surface area (Å²) < 4.78 is 5.67. The van der Waals surface area contributed by atoms with E-state index in [0.29, 0.717) is 11.4 Å². The van der Waals surface area contributed by atoms with Crippen LogP contribution in [-0.2, 0) is 5.41 Å². The smallest absolute Gasteiger partial charge is 0.255 e. The predicted octanol–water partition coefficient (Wildman–Crippen LogP) is 4.37. The highest BCUT2D eigenvalue weighted by molar-refractivity contribution is 5.94. The largest absolute Gasteiger partial charge is 0.475 e. The van der Waals surface area contributed by atoms with Crippen LogP contribution >= 0.6 is 0 Å². The number of piperidine rings is 1. The zero-order valence-electron chi connectivity index (χ0n) is 16.2. The summed E-state index contributed by atoms with van der Waals surface area (Å²) >= 11 is 0. The molecule has 1 fully saturated rings. The molecular formula is C22H28N2O2. The van der Waals surface area contributed by atoms with Crippen molar-refractivity contribution in [2.45, 2.75) is 52.1 Å². The van der Waals surface area contributed by atoms with Crippen molar-refractivity contribution >= 4 is 5.91 Å². The number of aromatic nitrogens is 1. The maximum absolute atomic E-state index is 12.9. The first-order valence-electron chi connectivity index (χ1n) is 9.37. The highest BCUT2D eigenvalue weighted by Crippen LogP contribution is 2.35. The van der Waals surface area contributed by atoms with Gasteiger partial charge in [-0.2, -0.15) is 0 Å². The topological polar surface area (TPSA) is 42.4 Å². The van der Waals surface area contributed by atoms with Crippen LogP contribution in [0.4, 0.5) is 0 Å². The molecule has 4 nitrogen and oxygen atoms in total. The molecule has 138 valence electrons. The van der Waals surface area contributed by atoms with Crippen LogP contribution < -0.4 is 4.74 Å². The average molecular weight is 352 g/mol. The van der Waals surface area contributed by atoms with E-state index in [1.165, 1.54) is 5.56 Å². The van der Waals surface area contributed by atoms with Gasteiger partial charge < -0.3 is 9.64 Å². The normalized spacial score (nSPS) is 16.6. The summed E-state index contributed by atoms with van der Waals surface area (Å²) in [6.45, 7) is 9.72. The Bertz CT molecular complexity index is 763. The second-order valence-electron chi connectivity index (χ2n) is 7.73. The summed E-state index contributed by atoms with van der Waals surface area (Å²) in [6, 6.07) is 12.5. The van der Waals surface area contributed by atoms with Crippen LogP contribution in [0.2, 0.25) is 0 Å². The van der Waals surface area contributed by atoms with Crippen molar-refractivity contribution in [2.75, 3.05) is 13.1 Å². The molecule has 1 saturated heterocycles. The molecule has 0 spiro atoms. The zero-order chi connectivity index (χ0) is 18.7. The van der Waals surface area contributed by atoms with Crippen molar-refractivity contribution in [1.29, 1.82) is 0 Å². The van der Waals surface area contributed by atoms with Crippen molar-refractivity contribution < 1.29 is 9.53 Å². The molecule has 0 N–H and O–H groups in total. The number of nitrogens with zero attached hydrogens (tertiary/aromatic N) is 2. The molecular weight excluding hydrogens is 324 g/mol. The van der Waals surface area contributed by atoms with Gasteiger partial charge in [0, 0.05) is 24.8 Å². The number of ether oxygens (including phenoxy) is 1. The third-order valence-corrected chi connectivity index (χ3v) is 5.25. The van der Waals surface area contributed by atoms with E-state index in [1.807, 2.05) is 37.8 Å². The van der Waals surface area contributed by atoms with E-state index in [1.54, 1.807) is 6.20 Å². The standard InChI is InChI=1S/C22H28N2O2/c1-16(2)26-20-17(3)14-18(15-23-20)21(25)24-12-10-22(4,11-13-24)19-8-6-5-7-9-19/h5-9,14-16H,10-13H2,1-4H3. The first kappa shape index (κ1) is 18.4. The van der Waals surface area contributed by atoms with Crippen LogP contribution in [0.1, 0.15) is 55.1 Å². The third-order valence-electron chi connectivity index (χ3n) is 5.25. The molecule has 26 heavy (non-hydrogen) atoms. The molecule has 1 aromatic carbocycles. The minimum absolute atomic E-state index is 0.0619. The van der Waals surface area contributed by atoms with Gasteiger partial charge in [0.05, 0.1) is 11.7 Å². The number of aryl methyl sites for hydroxylation is 1. The molecule has 3 rings (SSSR count). The molecule has 0 bridgehead atoms. The van der Waals surface area contributed by atoms with Gasteiger partial charge in [-0.3, -0.25) is 4.79 Å². The Kier molecular flexibility index (Phi) is 5.30. The second-order valence-corrected chi connectivity index (χ2v) is 7.73. The molecule has 0 aliphatic carbocycles. The van der Waals surface area contributed by atoms with Gasteiger partial charge in [0.25, 0.3) is 5.91 Å². The number of amides is 1. The van der Waals surface area contributed by atoms with Gasteiger partial charge in [-0.1, -0.05) is 37.3 Å². The average Bonchev–Trinajstić information content (AvgIpc) is 2.64. The number of benzene rings is 1. The van der Waals surface area contributed by atoms with Gasteiger partial charge in [-0.05, 0) is 50.7 Å². The molecule has 1 aliphatic heterocycles. The Morgan fingerprint density at radius 1 is 1.19 bits per heavy atom. The molecule has 0 atom stereocenters. The molecule has 2 aromatic rings. The second kappa shape index (κ2) is 7.48. The molecule has 2 heterocycles. The van der Waals surface area contributed by atoms with E-state index >= 15 is 0 Å². The van der Waals surface area contributed by atoms with Crippen molar-refractivity contribution in [3.8, 4) is 5.88 Å². The van der Waals surface area contributed by atoms with Gasteiger partial charge >= 0.3 is 0 Å². The van der Waals surface area contributed by atoms with Gasteiger partial charge in [-0.15, -0.1) is 0 Å². The number of hydrogen-bond acceptors (Lipinski definition) is 3.